The Hall–Kier alpha value is -1.72. The summed E-state index contributed by atoms with van der Waals surface area (Å²) < 4.78 is 6.94. The van der Waals surface area contributed by atoms with Crippen LogP contribution in [0.1, 0.15) is 15.9 Å². The van der Waals surface area contributed by atoms with Crippen LogP contribution in [-0.2, 0) is 0 Å². The lowest BCUT2D eigenvalue weighted by Gasteiger charge is -2.03. The first-order valence-electron chi connectivity index (χ1n) is 6.07. The number of hydrogen-bond donors (Lipinski definition) is 0. The van der Waals surface area contributed by atoms with E-state index in [1.165, 1.54) is 6.26 Å². The normalized spacial score (nSPS) is 10.8. The molecule has 1 aromatic heterocycles. The summed E-state index contributed by atoms with van der Waals surface area (Å²) in [5, 5.41) is 0.380. The molecule has 0 N–H and O–H groups in total. The van der Waals surface area contributed by atoms with Crippen molar-refractivity contribution in [3.8, 4) is 0 Å². The molecule has 0 fully saturated rings. The molecule has 0 aliphatic heterocycles. The maximum Gasteiger partial charge on any atom is 0.203 e. The lowest BCUT2D eigenvalue weighted by Crippen LogP contribution is -2.15. The predicted octanol–water partition coefficient (Wildman–Crippen LogP) is 4.55. The van der Waals surface area contributed by atoms with Gasteiger partial charge in [0.2, 0.25) is 5.43 Å². The van der Waals surface area contributed by atoms with Crippen LogP contribution in [0.25, 0.3) is 11.0 Å². The van der Waals surface area contributed by atoms with Crippen molar-refractivity contribution in [3.05, 3.63) is 79.0 Å². The molecule has 0 saturated carbocycles. The molecule has 1 heterocycles. The van der Waals surface area contributed by atoms with E-state index in [1.807, 2.05) is 6.07 Å². The van der Waals surface area contributed by atoms with Gasteiger partial charge in [-0.2, -0.15) is 0 Å². The first-order valence-corrected chi connectivity index (χ1v) is 7.66. The Morgan fingerprint density at radius 1 is 1.00 bits per heavy atom. The smallest absolute Gasteiger partial charge is 0.203 e. The summed E-state index contributed by atoms with van der Waals surface area (Å²) in [5.41, 5.74) is 0.584. The summed E-state index contributed by atoms with van der Waals surface area (Å²) in [7, 11) is 0. The lowest BCUT2D eigenvalue weighted by molar-refractivity contribution is 0.103. The number of rotatable bonds is 2. The molecule has 3 aromatic rings. The molecule has 104 valence electrons. The fourth-order valence-corrected chi connectivity index (χ4v) is 2.81. The topological polar surface area (TPSA) is 47.3 Å². The number of ketones is 1. The summed E-state index contributed by atoms with van der Waals surface area (Å²) in [4.78, 5) is 24.9. The highest BCUT2D eigenvalue weighted by atomic mass is 79.9. The average molecular weight is 408 g/mol. The summed E-state index contributed by atoms with van der Waals surface area (Å²) in [6, 6.07) is 12.0. The molecule has 0 amide bonds. The van der Waals surface area contributed by atoms with Crippen molar-refractivity contribution in [2.75, 3.05) is 0 Å². The maximum absolute atomic E-state index is 12.5. The van der Waals surface area contributed by atoms with Crippen LogP contribution in [0, 0.1) is 0 Å². The van der Waals surface area contributed by atoms with Gasteiger partial charge in [0.05, 0.1) is 5.39 Å². The van der Waals surface area contributed by atoms with E-state index in [9.17, 15) is 9.59 Å². The number of fused-ring (bicyclic) bond motifs is 1. The first kappa shape index (κ1) is 14.2. The fraction of sp³-hybridized carbons (Fsp3) is 0. The number of benzene rings is 2. The third-order valence-electron chi connectivity index (χ3n) is 3.07. The monoisotopic (exact) mass is 406 g/mol. The van der Waals surface area contributed by atoms with Crippen molar-refractivity contribution in [2.45, 2.75) is 0 Å². The number of halogens is 2. The zero-order chi connectivity index (χ0) is 15.0. The molecule has 3 rings (SSSR count). The van der Waals surface area contributed by atoms with Gasteiger partial charge < -0.3 is 4.42 Å². The van der Waals surface area contributed by atoms with E-state index in [4.69, 9.17) is 4.42 Å². The molecule has 0 unspecified atom stereocenters. The minimum Gasteiger partial charge on any atom is -0.463 e. The molecule has 3 nitrogen and oxygen atoms in total. The molecule has 0 aliphatic carbocycles. The van der Waals surface area contributed by atoms with E-state index >= 15 is 0 Å². The lowest BCUT2D eigenvalue weighted by atomic mass is 10.0. The quantitative estimate of drug-likeness (QED) is 0.585. The summed E-state index contributed by atoms with van der Waals surface area (Å²) in [6.07, 6.45) is 1.22. The highest BCUT2D eigenvalue weighted by Crippen LogP contribution is 2.19. The van der Waals surface area contributed by atoms with Crippen LogP contribution in [-0.4, -0.2) is 5.78 Å². The van der Waals surface area contributed by atoms with Gasteiger partial charge in [0.15, 0.2) is 5.78 Å². The minimum absolute atomic E-state index is 0.0266. The Kier molecular flexibility index (Phi) is 3.78. The van der Waals surface area contributed by atoms with Gasteiger partial charge in [0, 0.05) is 14.5 Å². The molecule has 0 bridgehead atoms. The van der Waals surface area contributed by atoms with Gasteiger partial charge in [-0.3, -0.25) is 9.59 Å². The van der Waals surface area contributed by atoms with Crippen molar-refractivity contribution in [1.82, 2.24) is 0 Å². The number of carbonyl (C=O) groups is 1. The second-order valence-corrected chi connectivity index (χ2v) is 6.29. The van der Waals surface area contributed by atoms with Gasteiger partial charge in [0.25, 0.3) is 0 Å². The molecule has 5 heteroatoms. The maximum atomic E-state index is 12.5. The number of hydrogen-bond acceptors (Lipinski definition) is 3. The van der Waals surface area contributed by atoms with E-state index in [2.05, 4.69) is 31.9 Å². The molecular formula is C16H8Br2O3. The zero-order valence-corrected chi connectivity index (χ0v) is 13.8. The fourth-order valence-electron chi connectivity index (χ4n) is 2.05. The molecule has 2 aromatic carbocycles. The minimum atomic E-state index is -0.355. The van der Waals surface area contributed by atoms with Crippen molar-refractivity contribution in [3.63, 3.8) is 0 Å². The molecule has 0 radical (unpaired) electrons. The van der Waals surface area contributed by atoms with Gasteiger partial charge >= 0.3 is 0 Å². The van der Waals surface area contributed by atoms with Gasteiger partial charge in [-0.05, 0) is 30.3 Å². The van der Waals surface area contributed by atoms with Gasteiger partial charge in [0.1, 0.15) is 17.4 Å². The highest BCUT2D eigenvalue weighted by Gasteiger charge is 2.16. The van der Waals surface area contributed by atoms with Crippen molar-refractivity contribution in [2.24, 2.45) is 0 Å². The second kappa shape index (κ2) is 5.58. The molecular weight excluding hydrogens is 400 g/mol. The summed E-state index contributed by atoms with van der Waals surface area (Å²) in [5.74, 6) is -0.355. The third kappa shape index (κ3) is 2.71. The van der Waals surface area contributed by atoms with Gasteiger partial charge in [-0.25, -0.2) is 0 Å². The van der Waals surface area contributed by atoms with E-state index < -0.39 is 0 Å². The van der Waals surface area contributed by atoms with Crippen LogP contribution in [0.15, 0.2) is 66.9 Å². The molecule has 0 atom stereocenters. The Labute approximate surface area is 136 Å². The molecule has 0 aliphatic rings. The van der Waals surface area contributed by atoms with E-state index in [1.54, 1.807) is 36.4 Å². The largest absolute Gasteiger partial charge is 0.463 e. The van der Waals surface area contributed by atoms with Crippen LogP contribution in [0.2, 0.25) is 0 Å². The predicted molar refractivity (Wildman–Crippen MR) is 87.8 cm³/mol. The van der Waals surface area contributed by atoms with Gasteiger partial charge in [-0.1, -0.05) is 44.0 Å². The Morgan fingerprint density at radius 2 is 1.76 bits per heavy atom. The Balaban J connectivity index is 2.19. The van der Waals surface area contributed by atoms with Crippen LogP contribution >= 0.6 is 31.9 Å². The second-order valence-electron chi connectivity index (χ2n) is 4.46. The van der Waals surface area contributed by atoms with E-state index in [0.717, 1.165) is 8.95 Å². The summed E-state index contributed by atoms with van der Waals surface area (Å²) >= 11 is 6.62. The zero-order valence-electron chi connectivity index (χ0n) is 10.6. The Bertz CT molecular complexity index is 913. The van der Waals surface area contributed by atoms with Crippen molar-refractivity contribution >= 4 is 48.6 Å². The van der Waals surface area contributed by atoms with Crippen LogP contribution in [0.3, 0.4) is 0 Å². The van der Waals surface area contributed by atoms with Crippen LogP contribution in [0.4, 0.5) is 0 Å². The standard InChI is InChI=1S/C16H8Br2O3/c17-10-3-1-2-9(6-10)15(19)13-8-21-14-5-4-11(18)7-12(14)16(13)20/h1-8H. The SMILES string of the molecule is O=C(c1cccc(Br)c1)c1coc2ccc(Br)cc2c1=O. The Morgan fingerprint density at radius 3 is 2.52 bits per heavy atom. The van der Waals surface area contributed by atoms with Gasteiger partial charge in [-0.15, -0.1) is 0 Å². The van der Waals surface area contributed by atoms with E-state index in [-0.39, 0.29) is 16.8 Å². The molecule has 21 heavy (non-hydrogen) atoms. The van der Waals surface area contributed by atoms with Crippen molar-refractivity contribution < 1.29 is 9.21 Å². The van der Waals surface area contributed by atoms with E-state index in [0.29, 0.717) is 16.5 Å². The van der Waals surface area contributed by atoms with Crippen LogP contribution < -0.4 is 5.43 Å². The van der Waals surface area contributed by atoms with Crippen LogP contribution in [0.5, 0.6) is 0 Å². The number of carbonyl (C=O) groups excluding carboxylic acids is 1. The molecule has 0 spiro atoms. The van der Waals surface area contributed by atoms with Crippen molar-refractivity contribution in [1.29, 1.82) is 0 Å². The first-order chi connectivity index (χ1) is 10.1. The third-order valence-corrected chi connectivity index (χ3v) is 4.05. The molecule has 0 saturated heterocycles. The highest BCUT2D eigenvalue weighted by molar-refractivity contribution is 9.10. The summed E-state index contributed by atoms with van der Waals surface area (Å²) in [6.45, 7) is 0. The average Bonchev–Trinajstić information content (AvgIpc) is 2.47.